The molecule has 3 saturated carbocycles. The molecule has 0 heteroatoms. The summed E-state index contributed by atoms with van der Waals surface area (Å²) in [7, 11) is 0. The Balaban J connectivity index is 1.44. The van der Waals surface area contributed by atoms with Gasteiger partial charge in [-0.3, -0.25) is 0 Å². The summed E-state index contributed by atoms with van der Waals surface area (Å²) < 4.78 is 0. The monoisotopic (exact) mass is 362 g/mol. The fourth-order valence-corrected chi connectivity index (χ4v) is 8.41. The van der Waals surface area contributed by atoms with Crippen LogP contribution in [0.5, 0.6) is 0 Å². The van der Waals surface area contributed by atoms with Gasteiger partial charge in [0.05, 0.1) is 0 Å². The highest BCUT2D eigenvalue weighted by Gasteiger charge is 2.55. The first kappa shape index (κ1) is 18.0. The van der Waals surface area contributed by atoms with Crippen LogP contribution in [-0.4, -0.2) is 0 Å². The normalized spacial score (nSPS) is 40.9. The third-order valence-corrected chi connectivity index (χ3v) is 9.59. The zero-order chi connectivity index (χ0) is 18.8. The molecule has 0 amide bonds. The molecular weight excluding hydrogens is 324 g/mol. The molecule has 0 N–H and O–H groups in total. The fourth-order valence-electron chi connectivity index (χ4n) is 8.41. The van der Waals surface area contributed by atoms with Gasteiger partial charge in [0.1, 0.15) is 0 Å². The summed E-state index contributed by atoms with van der Waals surface area (Å²) in [5.41, 5.74) is 5.07. The van der Waals surface area contributed by atoms with Crippen molar-refractivity contribution in [2.45, 2.75) is 72.6 Å². The molecule has 1 aromatic carbocycles. The van der Waals surface area contributed by atoms with Crippen molar-refractivity contribution >= 4 is 6.08 Å². The second-order valence-electron chi connectivity index (χ2n) is 11.1. The topological polar surface area (TPSA) is 0 Å². The lowest BCUT2D eigenvalue weighted by Gasteiger charge is -2.50. The van der Waals surface area contributed by atoms with Crippen LogP contribution in [-0.2, 0) is 6.42 Å². The van der Waals surface area contributed by atoms with Crippen molar-refractivity contribution < 1.29 is 0 Å². The number of fused-ring (bicyclic) bond motifs is 3. The summed E-state index contributed by atoms with van der Waals surface area (Å²) in [6.07, 6.45) is 12.8. The van der Waals surface area contributed by atoms with Crippen LogP contribution in [0.15, 0.2) is 29.8 Å². The Morgan fingerprint density at radius 2 is 1.67 bits per heavy atom. The Morgan fingerprint density at radius 1 is 0.889 bits per heavy atom. The van der Waals surface area contributed by atoms with E-state index in [9.17, 15) is 0 Å². The van der Waals surface area contributed by atoms with Crippen molar-refractivity contribution in [3.05, 3.63) is 41.0 Å². The second kappa shape index (κ2) is 6.50. The lowest BCUT2D eigenvalue weighted by molar-refractivity contribution is 0.00414. The molecule has 0 bridgehead atoms. The first-order valence-electron chi connectivity index (χ1n) is 11.8. The Bertz CT molecular complexity index is 738. The van der Waals surface area contributed by atoms with E-state index in [4.69, 9.17) is 0 Å². The van der Waals surface area contributed by atoms with Crippen LogP contribution < -0.4 is 0 Å². The summed E-state index contributed by atoms with van der Waals surface area (Å²) in [6.45, 7) is 10.4. The molecule has 7 atom stereocenters. The molecule has 0 aliphatic heterocycles. The first-order valence-corrected chi connectivity index (χ1v) is 11.8. The van der Waals surface area contributed by atoms with Crippen LogP contribution in [0.2, 0.25) is 0 Å². The predicted molar refractivity (Wildman–Crippen MR) is 115 cm³/mol. The minimum atomic E-state index is 0.332. The lowest BCUT2D eigenvalue weighted by atomic mass is 9.55. The van der Waals surface area contributed by atoms with E-state index in [1.165, 1.54) is 44.1 Å². The van der Waals surface area contributed by atoms with Gasteiger partial charge in [0.2, 0.25) is 0 Å². The molecule has 0 heterocycles. The molecule has 0 radical (unpaired) electrons. The van der Waals surface area contributed by atoms with Crippen molar-refractivity contribution in [3.63, 3.8) is 0 Å². The molecule has 1 aromatic rings. The smallest absolute Gasteiger partial charge is 0.00524 e. The van der Waals surface area contributed by atoms with Gasteiger partial charge in [-0.05, 0) is 83.7 Å². The van der Waals surface area contributed by atoms with Crippen molar-refractivity contribution in [2.75, 3.05) is 0 Å². The van der Waals surface area contributed by atoms with E-state index in [1.807, 2.05) is 0 Å². The predicted octanol–water partition coefficient (Wildman–Crippen LogP) is 7.39. The van der Waals surface area contributed by atoms with E-state index in [-0.39, 0.29) is 0 Å². The Labute approximate surface area is 166 Å². The minimum absolute atomic E-state index is 0.332. The van der Waals surface area contributed by atoms with Gasteiger partial charge in [-0.2, -0.15) is 0 Å². The molecule has 7 unspecified atom stereocenters. The van der Waals surface area contributed by atoms with E-state index in [1.54, 1.807) is 17.6 Å². The SMILES string of the molecule is CC1CC2C(C)C3CCCCC3CC2C1C(C)(C)C1=Cc2ccccc2C1. The minimum Gasteiger partial charge on any atom is -0.0622 e. The molecule has 0 aromatic heterocycles. The largest absolute Gasteiger partial charge is 0.0622 e. The van der Waals surface area contributed by atoms with Crippen molar-refractivity contribution in [2.24, 2.45) is 46.8 Å². The molecule has 4 aliphatic carbocycles. The molecule has 27 heavy (non-hydrogen) atoms. The van der Waals surface area contributed by atoms with Gasteiger partial charge in [-0.25, -0.2) is 0 Å². The number of rotatable bonds is 2. The highest BCUT2D eigenvalue weighted by atomic mass is 14.6. The second-order valence-corrected chi connectivity index (χ2v) is 11.1. The van der Waals surface area contributed by atoms with E-state index >= 15 is 0 Å². The summed E-state index contributed by atoms with van der Waals surface area (Å²) in [5.74, 6) is 6.75. The Hall–Kier alpha value is -1.04. The molecule has 146 valence electrons. The van der Waals surface area contributed by atoms with Crippen molar-refractivity contribution in [1.82, 2.24) is 0 Å². The average Bonchev–Trinajstić information content (AvgIpc) is 3.23. The summed E-state index contributed by atoms with van der Waals surface area (Å²) in [6, 6.07) is 9.06. The van der Waals surface area contributed by atoms with Crippen LogP contribution in [0.1, 0.15) is 77.3 Å². The van der Waals surface area contributed by atoms with Crippen molar-refractivity contribution in [3.8, 4) is 0 Å². The number of hydrogen-bond acceptors (Lipinski definition) is 0. The highest BCUT2D eigenvalue weighted by molar-refractivity contribution is 5.65. The third-order valence-electron chi connectivity index (χ3n) is 9.59. The quantitative estimate of drug-likeness (QED) is 0.514. The van der Waals surface area contributed by atoms with Crippen LogP contribution in [0.25, 0.3) is 6.08 Å². The average molecular weight is 363 g/mol. The third kappa shape index (κ3) is 2.77. The van der Waals surface area contributed by atoms with Crippen LogP contribution in [0.4, 0.5) is 0 Å². The van der Waals surface area contributed by atoms with Crippen LogP contribution in [0, 0.1) is 46.8 Å². The summed E-state index contributed by atoms with van der Waals surface area (Å²) in [5, 5.41) is 0. The molecule has 3 fully saturated rings. The fraction of sp³-hybridized carbons (Fsp3) is 0.704. The van der Waals surface area contributed by atoms with E-state index in [0.29, 0.717) is 5.41 Å². The van der Waals surface area contributed by atoms with E-state index < -0.39 is 0 Å². The van der Waals surface area contributed by atoms with E-state index in [0.717, 1.165) is 41.4 Å². The van der Waals surface area contributed by atoms with Gasteiger partial charge >= 0.3 is 0 Å². The van der Waals surface area contributed by atoms with E-state index in [2.05, 4.69) is 58.0 Å². The highest BCUT2D eigenvalue weighted by Crippen LogP contribution is 2.62. The Morgan fingerprint density at radius 3 is 2.48 bits per heavy atom. The lowest BCUT2D eigenvalue weighted by Crippen LogP contribution is -2.42. The van der Waals surface area contributed by atoms with Gasteiger partial charge in [0.25, 0.3) is 0 Å². The van der Waals surface area contributed by atoms with Crippen molar-refractivity contribution in [1.29, 1.82) is 0 Å². The number of benzene rings is 1. The van der Waals surface area contributed by atoms with Gasteiger partial charge < -0.3 is 0 Å². The van der Waals surface area contributed by atoms with Gasteiger partial charge in [-0.1, -0.05) is 82.9 Å². The molecule has 0 spiro atoms. The zero-order valence-electron chi connectivity index (χ0n) is 17.9. The maximum atomic E-state index is 2.63. The van der Waals surface area contributed by atoms with Crippen LogP contribution in [0.3, 0.4) is 0 Å². The number of allylic oxidation sites excluding steroid dienone is 1. The van der Waals surface area contributed by atoms with Crippen LogP contribution >= 0.6 is 0 Å². The van der Waals surface area contributed by atoms with Gasteiger partial charge in [0, 0.05) is 0 Å². The summed E-state index contributed by atoms with van der Waals surface area (Å²) >= 11 is 0. The Kier molecular flexibility index (Phi) is 4.34. The molecule has 5 rings (SSSR count). The number of hydrogen-bond donors (Lipinski definition) is 0. The maximum Gasteiger partial charge on any atom is -0.00524 e. The van der Waals surface area contributed by atoms with Gasteiger partial charge in [0.15, 0.2) is 0 Å². The van der Waals surface area contributed by atoms with Gasteiger partial charge in [-0.15, -0.1) is 0 Å². The standard InChI is InChI=1S/C27H38/c1-17-13-24-18(2)23-12-8-7-11-21(23)16-25(24)26(17)27(3,4)22-14-19-9-5-6-10-20(19)15-22/h5-6,9-10,14,17-18,21,23-26H,7-8,11-13,15-16H2,1-4H3. The zero-order valence-corrected chi connectivity index (χ0v) is 17.9. The molecule has 0 saturated heterocycles. The first-order chi connectivity index (χ1) is 13.0. The molecular formula is C27H38. The molecule has 4 aliphatic rings. The molecule has 0 nitrogen and oxygen atoms in total. The summed E-state index contributed by atoms with van der Waals surface area (Å²) in [4.78, 5) is 0. The maximum absolute atomic E-state index is 2.63.